The van der Waals surface area contributed by atoms with Crippen molar-refractivity contribution in [2.75, 3.05) is 13.2 Å². The molecular weight excluding hydrogens is 414 g/mol. The predicted molar refractivity (Wildman–Crippen MR) is 100 cm³/mol. The lowest BCUT2D eigenvalue weighted by molar-refractivity contribution is -0.118. The molecule has 1 saturated carbocycles. The summed E-state index contributed by atoms with van der Waals surface area (Å²) in [6.07, 6.45) is 3.62. The fourth-order valence-electron chi connectivity index (χ4n) is 1.23. The van der Waals surface area contributed by atoms with E-state index in [2.05, 4.69) is 11.6 Å². The molecule has 1 saturated heterocycles. The molecule has 146 valence electrons. The lowest BCUT2D eigenvalue weighted by Gasteiger charge is -2.17. The average Bonchev–Trinajstić information content (AvgIpc) is 3.33. The SMILES string of the molecule is CC(=O)Cl.CC(C)C(=O)Cl.O=C(Cl)C1CC1.O=C(Cl)C1CCOCC1. The van der Waals surface area contributed by atoms with Gasteiger partial charge >= 0.3 is 0 Å². The van der Waals surface area contributed by atoms with Gasteiger partial charge in [-0.25, -0.2) is 0 Å². The molecule has 0 aromatic carbocycles. The molecule has 1 aliphatic carbocycles. The van der Waals surface area contributed by atoms with Crippen molar-refractivity contribution in [2.24, 2.45) is 17.8 Å². The Morgan fingerprint density at radius 2 is 1.08 bits per heavy atom. The van der Waals surface area contributed by atoms with E-state index in [1.807, 2.05) is 0 Å². The van der Waals surface area contributed by atoms with Gasteiger partial charge in [-0.3, -0.25) is 19.2 Å². The largest absolute Gasteiger partial charge is 0.381 e. The Hall–Kier alpha value is -0.200. The zero-order valence-electron chi connectivity index (χ0n) is 14.5. The minimum Gasteiger partial charge on any atom is -0.381 e. The van der Waals surface area contributed by atoms with E-state index in [-0.39, 0.29) is 38.7 Å². The Morgan fingerprint density at radius 3 is 1.20 bits per heavy atom. The molecule has 2 fully saturated rings. The maximum atomic E-state index is 10.5. The lowest BCUT2D eigenvalue weighted by Crippen LogP contribution is -2.19. The molecule has 1 aliphatic heterocycles. The molecule has 0 radical (unpaired) electrons. The van der Waals surface area contributed by atoms with Crippen LogP contribution in [0.1, 0.15) is 46.5 Å². The summed E-state index contributed by atoms with van der Waals surface area (Å²) in [6.45, 7) is 6.18. The third-order valence-corrected chi connectivity index (χ3v) is 3.95. The van der Waals surface area contributed by atoms with Crippen molar-refractivity contribution in [3.05, 3.63) is 0 Å². The van der Waals surface area contributed by atoms with E-state index < -0.39 is 0 Å². The summed E-state index contributed by atoms with van der Waals surface area (Å²) in [5.41, 5.74) is 0. The molecule has 5 nitrogen and oxygen atoms in total. The number of hydrogen-bond acceptors (Lipinski definition) is 5. The van der Waals surface area contributed by atoms with Gasteiger partial charge in [0.05, 0.1) is 0 Å². The first-order valence-electron chi connectivity index (χ1n) is 7.80. The van der Waals surface area contributed by atoms with Gasteiger partial charge in [-0.15, -0.1) is 0 Å². The topological polar surface area (TPSA) is 77.5 Å². The van der Waals surface area contributed by atoms with Gasteiger partial charge in [0.1, 0.15) is 0 Å². The molecule has 0 aromatic heterocycles. The standard InChI is InChI=1S/C6H9ClO2.C4H5ClO.C4H7ClO.C2H3ClO/c7-6(8)5-1-3-9-4-2-5;5-4(6)3-1-2-3;1-3(2)4(5)6;1-2(3)4/h5H,1-4H2;3H,1-2H2;3H,1-2H3;1H3. The second-order valence-corrected chi connectivity index (χ2v) is 7.35. The molecule has 2 aliphatic rings. The quantitative estimate of drug-likeness (QED) is 0.606. The monoisotopic (exact) mass is 436 g/mol. The molecule has 0 spiro atoms. The van der Waals surface area contributed by atoms with Crippen LogP contribution in [0.3, 0.4) is 0 Å². The molecule has 25 heavy (non-hydrogen) atoms. The lowest BCUT2D eigenvalue weighted by atomic mass is 10.0. The average molecular weight is 438 g/mol. The van der Waals surface area contributed by atoms with E-state index in [9.17, 15) is 19.2 Å². The van der Waals surface area contributed by atoms with E-state index in [1.54, 1.807) is 13.8 Å². The third kappa shape index (κ3) is 21.8. The molecule has 2 rings (SSSR count). The highest BCUT2D eigenvalue weighted by molar-refractivity contribution is 6.64. The Kier molecular flexibility index (Phi) is 17.3. The summed E-state index contributed by atoms with van der Waals surface area (Å²) in [7, 11) is 0. The van der Waals surface area contributed by atoms with E-state index in [1.165, 1.54) is 6.92 Å². The van der Waals surface area contributed by atoms with Crippen LogP contribution in [0, 0.1) is 17.8 Å². The minimum atomic E-state index is -0.361. The Labute approximate surface area is 168 Å². The molecular formula is C16H24Cl4O5. The highest BCUT2D eigenvalue weighted by Gasteiger charge is 2.27. The summed E-state index contributed by atoms with van der Waals surface area (Å²) < 4.78 is 5.04. The van der Waals surface area contributed by atoms with Crippen LogP contribution in [0.5, 0.6) is 0 Å². The highest BCUT2D eigenvalue weighted by Crippen LogP contribution is 2.30. The first-order valence-corrected chi connectivity index (χ1v) is 9.32. The van der Waals surface area contributed by atoms with Crippen molar-refractivity contribution in [1.29, 1.82) is 0 Å². The summed E-state index contributed by atoms with van der Waals surface area (Å²) in [4.78, 5) is 39.6. The van der Waals surface area contributed by atoms with Crippen molar-refractivity contribution < 1.29 is 23.9 Å². The number of carbonyl (C=O) groups is 4. The molecule has 0 amide bonds. The van der Waals surface area contributed by atoms with E-state index >= 15 is 0 Å². The molecule has 0 unspecified atom stereocenters. The van der Waals surface area contributed by atoms with Crippen molar-refractivity contribution in [3.63, 3.8) is 0 Å². The maximum Gasteiger partial charge on any atom is 0.224 e. The van der Waals surface area contributed by atoms with Gasteiger partial charge in [0, 0.05) is 37.9 Å². The van der Waals surface area contributed by atoms with Gasteiger partial charge in [0.2, 0.25) is 21.0 Å². The number of rotatable bonds is 3. The van der Waals surface area contributed by atoms with Gasteiger partial charge in [0.25, 0.3) is 0 Å². The molecule has 0 N–H and O–H groups in total. The number of carbonyl (C=O) groups excluding carboxylic acids is 4. The summed E-state index contributed by atoms with van der Waals surface area (Å²) in [6, 6.07) is 0. The van der Waals surface area contributed by atoms with Crippen LogP contribution in [0.2, 0.25) is 0 Å². The van der Waals surface area contributed by atoms with Crippen molar-refractivity contribution in [1.82, 2.24) is 0 Å². The van der Waals surface area contributed by atoms with Gasteiger partial charge in [-0.05, 0) is 72.1 Å². The summed E-state index contributed by atoms with van der Waals surface area (Å²) in [5.74, 6) is 0.263. The number of halogens is 4. The van der Waals surface area contributed by atoms with E-state index in [0.717, 1.165) is 25.7 Å². The van der Waals surface area contributed by atoms with Crippen LogP contribution < -0.4 is 0 Å². The van der Waals surface area contributed by atoms with Crippen molar-refractivity contribution in [2.45, 2.75) is 46.5 Å². The van der Waals surface area contributed by atoms with E-state index in [4.69, 9.17) is 39.5 Å². The zero-order chi connectivity index (χ0) is 20.0. The van der Waals surface area contributed by atoms with Crippen molar-refractivity contribution >= 4 is 67.4 Å². The normalized spacial score (nSPS) is 16.2. The van der Waals surface area contributed by atoms with Gasteiger partial charge in [-0.2, -0.15) is 0 Å². The fraction of sp³-hybridized carbons (Fsp3) is 0.750. The van der Waals surface area contributed by atoms with Gasteiger partial charge in [-0.1, -0.05) is 13.8 Å². The van der Waals surface area contributed by atoms with Gasteiger partial charge in [0.15, 0.2) is 0 Å². The van der Waals surface area contributed by atoms with Gasteiger partial charge < -0.3 is 4.74 Å². The zero-order valence-corrected chi connectivity index (χ0v) is 17.6. The summed E-state index contributed by atoms with van der Waals surface area (Å²) >= 11 is 19.9. The second kappa shape index (κ2) is 16.0. The molecule has 0 bridgehead atoms. The molecule has 9 heteroatoms. The second-order valence-electron chi connectivity index (χ2n) is 5.70. The van der Waals surface area contributed by atoms with Crippen LogP contribution in [-0.2, 0) is 23.9 Å². The first-order chi connectivity index (χ1) is 11.5. The first kappa shape index (κ1) is 27.0. The molecule has 0 aromatic rings. The van der Waals surface area contributed by atoms with Crippen LogP contribution in [0.15, 0.2) is 0 Å². The molecule has 0 atom stereocenters. The van der Waals surface area contributed by atoms with E-state index in [0.29, 0.717) is 13.2 Å². The Balaban J connectivity index is 0. The Morgan fingerprint density at radius 1 is 0.800 bits per heavy atom. The summed E-state index contributed by atoms with van der Waals surface area (Å²) in [5, 5.41) is -0.997. The fourth-order valence-corrected chi connectivity index (χ4v) is 1.67. The Bertz CT molecular complexity index is 414. The van der Waals surface area contributed by atoms with Crippen LogP contribution in [0.4, 0.5) is 0 Å². The highest BCUT2D eigenvalue weighted by atomic mass is 35.5. The van der Waals surface area contributed by atoms with Crippen molar-refractivity contribution in [3.8, 4) is 0 Å². The maximum absolute atomic E-state index is 10.5. The van der Waals surface area contributed by atoms with Crippen LogP contribution >= 0.6 is 46.4 Å². The number of ether oxygens (including phenoxy) is 1. The van der Waals surface area contributed by atoms with Crippen LogP contribution in [-0.4, -0.2) is 34.2 Å². The number of hydrogen-bond donors (Lipinski definition) is 0. The third-order valence-electron chi connectivity index (χ3n) is 2.89. The minimum absolute atomic E-state index is 0.0216. The smallest absolute Gasteiger partial charge is 0.224 e. The molecule has 1 heterocycles. The van der Waals surface area contributed by atoms with Crippen LogP contribution in [0.25, 0.3) is 0 Å². The predicted octanol–water partition coefficient (Wildman–Crippen LogP) is 4.52.